The lowest BCUT2D eigenvalue weighted by molar-refractivity contribution is -0.136. The minimum Gasteiger partial charge on any atom is -0.481 e. The van der Waals surface area contributed by atoms with Crippen molar-refractivity contribution in [2.75, 3.05) is 11.9 Å². The van der Waals surface area contributed by atoms with Crippen LogP contribution in [0, 0.1) is 12.7 Å². The lowest BCUT2D eigenvalue weighted by Crippen LogP contribution is -2.16. The van der Waals surface area contributed by atoms with Crippen LogP contribution in [0.2, 0.25) is 5.02 Å². The summed E-state index contributed by atoms with van der Waals surface area (Å²) in [4.78, 5) is 23.4. The van der Waals surface area contributed by atoms with E-state index in [0.717, 1.165) is 11.1 Å². The number of aliphatic carboxylic acids is 1. The molecule has 0 unspecified atom stereocenters. The summed E-state index contributed by atoms with van der Waals surface area (Å²) in [6, 6.07) is 18.8. The molecule has 0 saturated carbocycles. The predicted molar refractivity (Wildman–Crippen MR) is 134 cm³/mol. The molecule has 2 N–H and O–H groups in total. The Morgan fingerprint density at radius 2 is 1.72 bits per heavy atom. The molecule has 0 aliphatic rings. The highest BCUT2D eigenvalue weighted by molar-refractivity contribution is 6.31. The number of carbonyl (C=O) groups is 2. The number of hydrogen-bond donors (Lipinski definition) is 2. The maximum atomic E-state index is 13.9. The van der Waals surface area contributed by atoms with Crippen LogP contribution in [-0.2, 0) is 22.4 Å². The second-order valence-electron chi connectivity index (χ2n) is 8.03. The van der Waals surface area contributed by atoms with Crippen LogP contribution >= 0.6 is 11.6 Å². The topological polar surface area (TPSA) is 102 Å². The molecule has 3 aromatic carbocycles. The van der Waals surface area contributed by atoms with Gasteiger partial charge in [-0.2, -0.15) is 0 Å². The number of benzene rings is 3. The summed E-state index contributed by atoms with van der Waals surface area (Å²) in [6.45, 7) is 1.84. The van der Waals surface area contributed by atoms with Gasteiger partial charge in [-0.15, -0.1) is 0 Å². The third-order valence-electron chi connectivity index (χ3n) is 5.52. The van der Waals surface area contributed by atoms with E-state index in [0.29, 0.717) is 39.7 Å². The van der Waals surface area contributed by atoms with Gasteiger partial charge in [-0.3, -0.25) is 10.1 Å². The summed E-state index contributed by atoms with van der Waals surface area (Å²) in [7, 11) is 0. The van der Waals surface area contributed by atoms with Crippen LogP contribution in [0.1, 0.15) is 16.8 Å². The highest BCUT2D eigenvalue weighted by Gasteiger charge is 2.18. The van der Waals surface area contributed by atoms with Crippen LogP contribution in [0.15, 0.2) is 71.3 Å². The number of anilines is 1. The quantitative estimate of drug-likeness (QED) is 0.280. The standard InChI is InChI=1S/C27H22ClFN2O5/c1-16-25(30-27(34)35-13-12-18-4-2-3-5-22(18)28)26(36-31-16)19-8-6-17(7-9-19)20-10-11-23(29)21(14-20)15-24(32)33/h2-11,14H,12-13,15H2,1H3,(H,30,34)(H,32,33). The van der Waals surface area contributed by atoms with Crippen molar-refractivity contribution in [3.8, 4) is 22.5 Å². The van der Waals surface area contributed by atoms with Gasteiger partial charge in [0.15, 0.2) is 5.76 Å². The minimum atomic E-state index is -1.11. The van der Waals surface area contributed by atoms with Crippen molar-refractivity contribution in [2.24, 2.45) is 0 Å². The lowest BCUT2D eigenvalue weighted by atomic mass is 9.99. The van der Waals surface area contributed by atoms with Crippen LogP contribution in [0.4, 0.5) is 14.9 Å². The molecule has 1 amide bonds. The molecule has 4 aromatic rings. The Labute approximate surface area is 211 Å². The Morgan fingerprint density at radius 1 is 1.03 bits per heavy atom. The van der Waals surface area contributed by atoms with Gasteiger partial charge in [0, 0.05) is 17.0 Å². The van der Waals surface area contributed by atoms with Gasteiger partial charge >= 0.3 is 12.1 Å². The van der Waals surface area contributed by atoms with Crippen molar-refractivity contribution < 1.29 is 28.3 Å². The number of ether oxygens (including phenoxy) is 1. The number of halogens is 2. The normalized spacial score (nSPS) is 10.8. The molecule has 7 nitrogen and oxygen atoms in total. The smallest absolute Gasteiger partial charge is 0.411 e. The molecular formula is C27H22ClFN2O5. The number of hydrogen-bond acceptors (Lipinski definition) is 5. The van der Waals surface area contributed by atoms with E-state index in [4.69, 9.17) is 26.0 Å². The van der Waals surface area contributed by atoms with Gasteiger partial charge in [-0.05, 0) is 47.4 Å². The third kappa shape index (κ3) is 5.90. The summed E-state index contributed by atoms with van der Waals surface area (Å²) in [5.41, 5.74) is 3.94. The zero-order valence-corrected chi connectivity index (χ0v) is 20.0. The Bertz CT molecular complexity index is 1400. The SMILES string of the molecule is Cc1noc(-c2ccc(-c3ccc(F)c(CC(=O)O)c3)cc2)c1NC(=O)OCCc1ccccc1Cl. The number of carboxylic acid groups (broad SMARTS) is 1. The largest absolute Gasteiger partial charge is 0.481 e. The molecule has 4 rings (SSSR count). The molecule has 184 valence electrons. The highest BCUT2D eigenvalue weighted by atomic mass is 35.5. The predicted octanol–water partition coefficient (Wildman–Crippen LogP) is 6.53. The van der Waals surface area contributed by atoms with Crippen molar-refractivity contribution in [3.63, 3.8) is 0 Å². The van der Waals surface area contributed by atoms with E-state index in [1.165, 1.54) is 12.1 Å². The zero-order chi connectivity index (χ0) is 25.7. The molecule has 0 spiro atoms. The fraction of sp³-hybridized carbons (Fsp3) is 0.148. The maximum Gasteiger partial charge on any atom is 0.411 e. The van der Waals surface area contributed by atoms with E-state index in [1.54, 1.807) is 43.3 Å². The molecule has 0 aliphatic heterocycles. The average Bonchev–Trinajstić information content (AvgIpc) is 3.21. The van der Waals surface area contributed by atoms with Crippen molar-refractivity contribution in [1.29, 1.82) is 0 Å². The van der Waals surface area contributed by atoms with Gasteiger partial charge in [-0.25, -0.2) is 9.18 Å². The number of nitrogens with one attached hydrogen (secondary N) is 1. The lowest BCUT2D eigenvalue weighted by Gasteiger charge is -2.09. The summed E-state index contributed by atoms with van der Waals surface area (Å²) in [6.07, 6.45) is -0.580. The summed E-state index contributed by atoms with van der Waals surface area (Å²) in [5.74, 6) is -1.32. The zero-order valence-electron chi connectivity index (χ0n) is 19.3. The first-order chi connectivity index (χ1) is 17.3. The van der Waals surface area contributed by atoms with Crippen LogP contribution < -0.4 is 5.32 Å². The van der Waals surface area contributed by atoms with Gasteiger partial charge in [-0.1, -0.05) is 65.3 Å². The van der Waals surface area contributed by atoms with Crippen LogP contribution in [0.25, 0.3) is 22.5 Å². The average molecular weight is 509 g/mol. The van der Waals surface area contributed by atoms with Crippen LogP contribution in [-0.4, -0.2) is 28.9 Å². The molecule has 0 saturated heterocycles. The minimum absolute atomic E-state index is 0.106. The molecule has 1 aromatic heterocycles. The molecule has 0 aliphatic carbocycles. The summed E-state index contributed by atoms with van der Waals surface area (Å²) in [5, 5.41) is 16.2. The van der Waals surface area contributed by atoms with Gasteiger partial charge in [0.05, 0.1) is 13.0 Å². The number of carboxylic acids is 1. The van der Waals surface area contributed by atoms with E-state index >= 15 is 0 Å². The Balaban J connectivity index is 1.45. The number of aromatic nitrogens is 1. The summed E-state index contributed by atoms with van der Waals surface area (Å²) >= 11 is 6.13. The fourth-order valence-electron chi connectivity index (χ4n) is 3.67. The number of carbonyl (C=O) groups excluding carboxylic acids is 1. The van der Waals surface area contributed by atoms with E-state index in [2.05, 4.69) is 10.5 Å². The van der Waals surface area contributed by atoms with E-state index in [9.17, 15) is 14.0 Å². The van der Waals surface area contributed by atoms with Crippen molar-refractivity contribution in [1.82, 2.24) is 5.16 Å². The molecular weight excluding hydrogens is 487 g/mol. The molecule has 0 fully saturated rings. The number of nitrogens with zero attached hydrogens (tertiary/aromatic N) is 1. The van der Waals surface area contributed by atoms with Gasteiger partial charge in [0.25, 0.3) is 0 Å². The van der Waals surface area contributed by atoms with E-state index in [1.807, 2.05) is 18.2 Å². The molecule has 36 heavy (non-hydrogen) atoms. The van der Waals surface area contributed by atoms with Crippen molar-refractivity contribution in [3.05, 3.63) is 94.4 Å². The molecule has 0 atom stereocenters. The molecule has 9 heteroatoms. The van der Waals surface area contributed by atoms with Crippen LogP contribution in [0.5, 0.6) is 0 Å². The Kier molecular flexibility index (Phi) is 7.65. The Hall–Kier alpha value is -4.17. The van der Waals surface area contributed by atoms with Crippen molar-refractivity contribution >= 4 is 29.4 Å². The van der Waals surface area contributed by atoms with Gasteiger partial charge in [0.1, 0.15) is 17.2 Å². The molecule has 0 radical (unpaired) electrons. The van der Waals surface area contributed by atoms with Gasteiger partial charge in [0.2, 0.25) is 0 Å². The second-order valence-corrected chi connectivity index (χ2v) is 8.44. The van der Waals surface area contributed by atoms with E-state index < -0.39 is 24.3 Å². The number of amides is 1. The molecule has 1 heterocycles. The van der Waals surface area contributed by atoms with Crippen LogP contribution in [0.3, 0.4) is 0 Å². The first kappa shape index (κ1) is 24.9. The third-order valence-corrected chi connectivity index (χ3v) is 5.89. The monoisotopic (exact) mass is 508 g/mol. The van der Waals surface area contributed by atoms with Gasteiger partial charge < -0.3 is 14.4 Å². The first-order valence-electron chi connectivity index (χ1n) is 11.1. The first-order valence-corrected chi connectivity index (χ1v) is 11.4. The second kappa shape index (κ2) is 11.0. The maximum absolute atomic E-state index is 13.9. The fourth-order valence-corrected chi connectivity index (χ4v) is 3.90. The number of aryl methyl sites for hydroxylation is 1. The van der Waals surface area contributed by atoms with Crippen molar-refractivity contribution in [2.45, 2.75) is 19.8 Å². The number of rotatable bonds is 8. The summed E-state index contributed by atoms with van der Waals surface area (Å²) < 4.78 is 24.7. The highest BCUT2D eigenvalue weighted by Crippen LogP contribution is 2.33. The molecule has 0 bridgehead atoms. The van der Waals surface area contributed by atoms with E-state index in [-0.39, 0.29) is 12.2 Å². The Morgan fingerprint density at radius 3 is 2.44 bits per heavy atom.